The van der Waals surface area contributed by atoms with Gasteiger partial charge in [0.05, 0.1) is 12.5 Å². The maximum Gasteiger partial charge on any atom is 0.573 e. The first-order chi connectivity index (χ1) is 13.3. The molecular weight excluding hydrogens is 375 g/mol. The van der Waals surface area contributed by atoms with Crippen molar-refractivity contribution in [3.05, 3.63) is 53.6 Å². The average molecular weight is 395 g/mol. The highest BCUT2D eigenvalue weighted by atomic mass is 19.4. The molecule has 8 heteroatoms. The Bertz CT molecular complexity index is 821. The molecule has 0 saturated heterocycles. The van der Waals surface area contributed by atoms with E-state index in [1.165, 1.54) is 24.3 Å². The number of alkyl halides is 3. The summed E-state index contributed by atoms with van der Waals surface area (Å²) in [4.78, 5) is 12.4. The molecule has 0 aliphatic carbocycles. The van der Waals surface area contributed by atoms with E-state index in [0.717, 1.165) is 5.56 Å². The zero-order chi connectivity index (χ0) is 20.1. The summed E-state index contributed by atoms with van der Waals surface area (Å²) in [5.74, 6) is 0.777. The molecule has 5 nitrogen and oxygen atoms in total. The minimum atomic E-state index is -4.74. The number of hydrogen-bond donors (Lipinski definition) is 1. The van der Waals surface area contributed by atoms with Gasteiger partial charge in [0, 0.05) is 0 Å². The number of carbonyl (C=O) groups excluding carboxylic acids is 1. The molecule has 0 aromatic heterocycles. The molecule has 28 heavy (non-hydrogen) atoms. The summed E-state index contributed by atoms with van der Waals surface area (Å²) < 4.78 is 51.5. The number of amides is 1. The van der Waals surface area contributed by atoms with Crippen LogP contribution in [0.1, 0.15) is 30.5 Å². The van der Waals surface area contributed by atoms with E-state index in [-0.39, 0.29) is 24.1 Å². The van der Waals surface area contributed by atoms with Crippen molar-refractivity contribution in [2.45, 2.75) is 32.2 Å². The Morgan fingerprint density at radius 3 is 2.43 bits per heavy atom. The molecule has 1 aliphatic heterocycles. The van der Waals surface area contributed by atoms with Crippen LogP contribution in [0.2, 0.25) is 0 Å². The first-order valence-electron chi connectivity index (χ1n) is 8.87. The Labute approximate surface area is 160 Å². The zero-order valence-corrected chi connectivity index (χ0v) is 15.2. The minimum Gasteiger partial charge on any atom is -0.486 e. The molecule has 1 aliphatic rings. The molecule has 0 fully saturated rings. The van der Waals surface area contributed by atoms with Crippen molar-refractivity contribution >= 4 is 5.91 Å². The summed E-state index contributed by atoms with van der Waals surface area (Å²) in [6.45, 7) is 2.94. The molecule has 0 bridgehead atoms. The smallest absolute Gasteiger partial charge is 0.486 e. The van der Waals surface area contributed by atoms with Crippen molar-refractivity contribution in [2.24, 2.45) is 0 Å². The zero-order valence-electron chi connectivity index (χ0n) is 15.2. The lowest BCUT2D eigenvalue weighted by atomic mass is 10.0. The normalized spacial score (nSPS) is 14.3. The fourth-order valence-corrected chi connectivity index (χ4v) is 2.94. The molecule has 1 heterocycles. The van der Waals surface area contributed by atoms with Crippen LogP contribution in [0.4, 0.5) is 13.2 Å². The van der Waals surface area contributed by atoms with Crippen LogP contribution in [0.5, 0.6) is 17.2 Å². The number of benzene rings is 2. The molecule has 150 valence electrons. The van der Waals surface area contributed by atoms with Crippen LogP contribution in [-0.4, -0.2) is 25.5 Å². The van der Waals surface area contributed by atoms with E-state index in [1.807, 2.05) is 25.1 Å². The van der Waals surface area contributed by atoms with Crippen LogP contribution in [0.25, 0.3) is 0 Å². The summed E-state index contributed by atoms with van der Waals surface area (Å²) >= 11 is 0. The van der Waals surface area contributed by atoms with Gasteiger partial charge in [-0.15, -0.1) is 13.2 Å². The average Bonchev–Trinajstić information content (AvgIpc) is 2.66. The van der Waals surface area contributed by atoms with Crippen LogP contribution in [0, 0.1) is 0 Å². The van der Waals surface area contributed by atoms with Gasteiger partial charge in [0.15, 0.2) is 11.5 Å². The number of halogens is 3. The molecule has 2 aromatic rings. The molecular formula is C20H20F3NO4. The standard InChI is InChI=1S/C20H20F3NO4/c1-2-16(14-5-8-17-18(12-14)27-10-9-26-17)24-19(25)11-13-3-6-15(7-4-13)28-20(21,22)23/h3-8,12,16H,2,9-11H2,1H3,(H,24,25). The second-order valence-electron chi connectivity index (χ2n) is 6.30. The number of carbonyl (C=O) groups is 1. The van der Waals surface area contributed by atoms with E-state index in [2.05, 4.69) is 10.1 Å². The van der Waals surface area contributed by atoms with Crippen LogP contribution < -0.4 is 19.5 Å². The Kier molecular flexibility index (Phi) is 5.96. The summed E-state index contributed by atoms with van der Waals surface area (Å²) in [5, 5.41) is 2.94. The highest BCUT2D eigenvalue weighted by molar-refractivity contribution is 5.79. The Morgan fingerprint density at radius 1 is 1.11 bits per heavy atom. The summed E-state index contributed by atoms with van der Waals surface area (Å²) in [7, 11) is 0. The van der Waals surface area contributed by atoms with Crippen LogP contribution >= 0.6 is 0 Å². The van der Waals surface area contributed by atoms with Crippen molar-refractivity contribution in [3.63, 3.8) is 0 Å². The fourth-order valence-electron chi connectivity index (χ4n) is 2.94. The van der Waals surface area contributed by atoms with Crippen molar-refractivity contribution in [1.82, 2.24) is 5.32 Å². The molecule has 1 N–H and O–H groups in total. The van der Waals surface area contributed by atoms with Gasteiger partial charge in [-0.1, -0.05) is 25.1 Å². The lowest BCUT2D eigenvalue weighted by molar-refractivity contribution is -0.274. The molecule has 1 atom stereocenters. The van der Waals surface area contributed by atoms with Gasteiger partial charge < -0.3 is 19.5 Å². The SMILES string of the molecule is CCC(NC(=O)Cc1ccc(OC(F)(F)F)cc1)c1ccc2c(c1)OCCO2. The highest BCUT2D eigenvalue weighted by Gasteiger charge is 2.31. The van der Waals surface area contributed by atoms with E-state index < -0.39 is 6.36 Å². The third-order valence-electron chi connectivity index (χ3n) is 4.23. The van der Waals surface area contributed by atoms with E-state index >= 15 is 0 Å². The third-order valence-corrected chi connectivity index (χ3v) is 4.23. The monoisotopic (exact) mass is 395 g/mol. The van der Waals surface area contributed by atoms with E-state index in [4.69, 9.17) is 9.47 Å². The number of hydrogen-bond acceptors (Lipinski definition) is 4. The molecule has 0 radical (unpaired) electrons. The predicted octanol–water partition coefficient (Wildman–Crippen LogP) is 4.17. The molecule has 3 rings (SSSR count). The second-order valence-corrected chi connectivity index (χ2v) is 6.30. The number of ether oxygens (including phenoxy) is 3. The van der Waals surface area contributed by atoms with Gasteiger partial charge in [-0.25, -0.2) is 0 Å². The van der Waals surface area contributed by atoms with Crippen molar-refractivity contribution < 1.29 is 32.2 Å². The van der Waals surface area contributed by atoms with Crippen LogP contribution in [-0.2, 0) is 11.2 Å². The van der Waals surface area contributed by atoms with Crippen molar-refractivity contribution in [2.75, 3.05) is 13.2 Å². The van der Waals surface area contributed by atoms with Gasteiger partial charge >= 0.3 is 6.36 Å². The summed E-state index contributed by atoms with van der Waals surface area (Å²) in [6, 6.07) is 10.6. The maximum absolute atomic E-state index is 12.4. The maximum atomic E-state index is 12.4. The first kappa shape index (κ1) is 19.9. The van der Waals surface area contributed by atoms with Crippen molar-refractivity contribution in [1.29, 1.82) is 0 Å². The first-order valence-corrected chi connectivity index (χ1v) is 8.87. The van der Waals surface area contributed by atoms with Gasteiger partial charge in [-0.05, 0) is 41.8 Å². The lowest BCUT2D eigenvalue weighted by Crippen LogP contribution is -2.29. The Morgan fingerprint density at radius 2 is 1.79 bits per heavy atom. The molecule has 0 spiro atoms. The number of fused-ring (bicyclic) bond motifs is 1. The Hall–Kier alpha value is -2.90. The quantitative estimate of drug-likeness (QED) is 0.798. The molecule has 1 amide bonds. The van der Waals surface area contributed by atoms with Gasteiger partial charge in [0.1, 0.15) is 19.0 Å². The summed E-state index contributed by atoms with van der Waals surface area (Å²) in [5.41, 5.74) is 1.48. The van der Waals surface area contributed by atoms with E-state index in [9.17, 15) is 18.0 Å². The van der Waals surface area contributed by atoms with Crippen LogP contribution in [0.3, 0.4) is 0 Å². The second kappa shape index (κ2) is 8.41. The minimum absolute atomic E-state index is 0.0490. The summed E-state index contributed by atoms with van der Waals surface area (Å²) in [6.07, 6.45) is -4.02. The highest BCUT2D eigenvalue weighted by Crippen LogP contribution is 2.33. The van der Waals surface area contributed by atoms with Gasteiger partial charge in [-0.2, -0.15) is 0 Å². The molecule has 2 aromatic carbocycles. The van der Waals surface area contributed by atoms with E-state index in [1.54, 1.807) is 0 Å². The van der Waals surface area contributed by atoms with Gasteiger partial charge in [0.25, 0.3) is 0 Å². The molecule has 1 unspecified atom stereocenters. The van der Waals surface area contributed by atoms with Gasteiger partial charge in [-0.3, -0.25) is 4.79 Å². The van der Waals surface area contributed by atoms with E-state index in [0.29, 0.717) is 36.7 Å². The third kappa shape index (κ3) is 5.31. The van der Waals surface area contributed by atoms with Gasteiger partial charge in [0.2, 0.25) is 5.91 Å². The molecule has 0 saturated carbocycles. The topological polar surface area (TPSA) is 56.8 Å². The Balaban J connectivity index is 1.61. The van der Waals surface area contributed by atoms with Crippen molar-refractivity contribution in [3.8, 4) is 17.2 Å². The lowest BCUT2D eigenvalue weighted by Gasteiger charge is -2.22. The fraction of sp³-hybridized carbons (Fsp3) is 0.350. The number of rotatable bonds is 6. The van der Waals surface area contributed by atoms with Crippen LogP contribution in [0.15, 0.2) is 42.5 Å². The number of nitrogens with one attached hydrogen (secondary N) is 1. The largest absolute Gasteiger partial charge is 0.573 e. The predicted molar refractivity (Wildman–Crippen MR) is 95.4 cm³/mol.